The minimum Gasteiger partial charge on any atom is -0.380 e. The van der Waals surface area contributed by atoms with E-state index >= 15 is 0 Å². The van der Waals surface area contributed by atoms with Crippen LogP contribution in [0.15, 0.2) is 24.6 Å². The largest absolute Gasteiger partial charge is 0.380 e. The lowest BCUT2D eigenvalue weighted by Gasteiger charge is -2.14. The van der Waals surface area contributed by atoms with Crippen molar-refractivity contribution in [2.75, 3.05) is 0 Å². The molecule has 0 heterocycles. The summed E-state index contributed by atoms with van der Waals surface area (Å²) < 4.78 is 0. The number of carbonyl (C=O) groups excluding carboxylic acids is 2. The third kappa shape index (κ3) is 4.72. The van der Waals surface area contributed by atoms with Gasteiger partial charge in [0.1, 0.15) is 0 Å². The van der Waals surface area contributed by atoms with Crippen molar-refractivity contribution < 1.29 is 19.8 Å². The number of aliphatic hydroxyl groups excluding tert-OH is 2. The maximum atomic E-state index is 11.2. The summed E-state index contributed by atoms with van der Waals surface area (Å²) in [5, 5.41) is 23.0. The number of hydrogen-bond donors (Lipinski definition) is 4. The van der Waals surface area contributed by atoms with Gasteiger partial charge in [-0.05, 0) is 26.2 Å². The topological polar surface area (TPSA) is 98.7 Å². The zero-order chi connectivity index (χ0) is 12.6. The Morgan fingerprint density at radius 3 is 1.50 bits per heavy atom. The fourth-order valence-electron chi connectivity index (χ4n) is 0.788. The van der Waals surface area contributed by atoms with E-state index in [1.54, 1.807) is 13.8 Å². The van der Waals surface area contributed by atoms with Gasteiger partial charge < -0.3 is 20.8 Å². The van der Waals surface area contributed by atoms with E-state index in [4.69, 9.17) is 0 Å². The Bertz CT molecular complexity index is 269. The van der Waals surface area contributed by atoms with Gasteiger partial charge in [0, 0.05) is 0 Å². The van der Waals surface area contributed by atoms with Gasteiger partial charge >= 0.3 is 0 Å². The minimum absolute atomic E-state index is 0.846. The number of aliphatic hydroxyl groups is 2. The van der Waals surface area contributed by atoms with Gasteiger partial charge in [-0.1, -0.05) is 12.2 Å². The highest BCUT2D eigenvalue weighted by molar-refractivity contribution is 5.91. The molecule has 0 fully saturated rings. The molecule has 4 N–H and O–H groups in total. The lowest BCUT2D eigenvalue weighted by Crippen LogP contribution is -2.47. The van der Waals surface area contributed by atoms with Gasteiger partial charge in [-0.15, -0.1) is 0 Å². The average Bonchev–Trinajstić information content (AvgIpc) is 2.30. The van der Waals surface area contributed by atoms with Crippen molar-refractivity contribution in [2.24, 2.45) is 0 Å². The number of amides is 2. The number of carbonyl (C=O) groups is 2. The summed E-state index contributed by atoms with van der Waals surface area (Å²) >= 11 is 0. The average molecular weight is 228 g/mol. The van der Waals surface area contributed by atoms with E-state index in [-0.39, 0.29) is 0 Å². The number of hydrogen-bond acceptors (Lipinski definition) is 4. The molecule has 2 amide bonds. The lowest BCUT2D eigenvalue weighted by molar-refractivity contribution is -0.144. The molecular weight excluding hydrogens is 212 g/mol. The Kier molecular flexibility index (Phi) is 6.82. The molecule has 0 rings (SSSR count). The summed E-state index contributed by atoms with van der Waals surface area (Å²) in [5.41, 5.74) is 0. The molecule has 0 saturated heterocycles. The van der Waals surface area contributed by atoms with Crippen LogP contribution in [0.1, 0.15) is 13.8 Å². The molecule has 0 aliphatic rings. The molecule has 0 spiro atoms. The second kappa shape index (κ2) is 7.61. The van der Waals surface area contributed by atoms with Crippen LogP contribution in [0.4, 0.5) is 0 Å². The summed E-state index contributed by atoms with van der Waals surface area (Å²) in [6.07, 6.45) is 2.06. The fourth-order valence-corrected chi connectivity index (χ4v) is 0.788. The van der Waals surface area contributed by atoms with E-state index in [0.29, 0.717) is 0 Å². The Morgan fingerprint density at radius 1 is 0.938 bits per heavy atom. The van der Waals surface area contributed by atoms with E-state index in [1.807, 2.05) is 0 Å². The summed E-state index contributed by atoms with van der Waals surface area (Å²) in [6.45, 7) is 3.34. The molecule has 0 aromatic carbocycles. The Hall–Kier alpha value is -1.66. The predicted octanol–water partition coefficient (Wildman–Crippen LogP) is -0.992. The second-order valence-corrected chi connectivity index (χ2v) is 2.91. The van der Waals surface area contributed by atoms with Crippen LogP contribution in [0, 0.1) is 0 Å². The van der Waals surface area contributed by atoms with Crippen molar-refractivity contribution in [2.45, 2.75) is 26.1 Å². The van der Waals surface area contributed by atoms with Gasteiger partial charge in [0.15, 0.2) is 12.2 Å². The first-order valence-electron chi connectivity index (χ1n) is 4.73. The molecule has 6 nitrogen and oxygen atoms in total. The van der Waals surface area contributed by atoms with Gasteiger partial charge in [-0.2, -0.15) is 0 Å². The van der Waals surface area contributed by atoms with Crippen LogP contribution in [-0.4, -0.2) is 34.2 Å². The normalized spacial score (nSPS) is 15.0. The molecule has 0 aliphatic heterocycles. The summed E-state index contributed by atoms with van der Waals surface area (Å²) in [4.78, 5) is 22.3. The van der Waals surface area contributed by atoms with Gasteiger partial charge in [0.05, 0.1) is 0 Å². The lowest BCUT2D eigenvalue weighted by atomic mass is 10.2. The van der Waals surface area contributed by atoms with E-state index in [2.05, 4.69) is 10.6 Å². The van der Waals surface area contributed by atoms with Crippen LogP contribution in [0.2, 0.25) is 0 Å². The second-order valence-electron chi connectivity index (χ2n) is 2.91. The van der Waals surface area contributed by atoms with Crippen LogP contribution in [0.3, 0.4) is 0 Å². The van der Waals surface area contributed by atoms with Crippen molar-refractivity contribution in [3.63, 3.8) is 0 Å². The van der Waals surface area contributed by atoms with Gasteiger partial charge in [0.2, 0.25) is 0 Å². The Balaban J connectivity index is 4.30. The molecule has 2 atom stereocenters. The molecule has 16 heavy (non-hydrogen) atoms. The molecule has 0 aliphatic carbocycles. The number of allylic oxidation sites excluding steroid dienone is 2. The van der Waals surface area contributed by atoms with Gasteiger partial charge in [-0.25, -0.2) is 0 Å². The van der Waals surface area contributed by atoms with Crippen LogP contribution in [0.25, 0.3) is 0 Å². The van der Waals surface area contributed by atoms with Gasteiger partial charge in [-0.3, -0.25) is 9.59 Å². The van der Waals surface area contributed by atoms with Crippen molar-refractivity contribution in [3.05, 3.63) is 24.6 Å². The Morgan fingerprint density at radius 2 is 1.25 bits per heavy atom. The third-order valence-electron chi connectivity index (χ3n) is 1.62. The first-order valence-corrected chi connectivity index (χ1v) is 4.73. The molecule has 0 saturated carbocycles. The maximum absolute atomic E-state index is 11.2. The van der Waals surface area contributed by atoms with Crippen LogP contribution < -0.4 is 10.6 Å². The van der Waals surface area contributed by atoms with Crippen molar-refractivity contribution >= 4 is 11.8 Å². The highest BCUT2D eigenvalue weighted by atomic mass is 16.3. The fraction of sp³-hybridized carbons (Fsp3) is 0.400. The smallest absolute Gasteiger partial charge is 0.256 e. The molecule has 0 unspecified atom stereocenters. The predicted molar refractivity (Wildman–Crippen MR) is 57.9 cm³/mol. The molecule has 90 valence electrons. The highest BCUT2D eigenvalue weighted by Gasteiger charge is 2.29. The van der Waals surface area contributed by atoms with E-state index in [9.17, 15) is 19.8 Å². The third-order valence-corrected chi connectivity index (χ3v) is 1.62. The number of rotatable bonds is 5. The first kappa shape index (κ1) is 14.3. The molecule has 6 heteroatoms. The van der Waals surface area contributed by atoms with Crippen molar-refractivity contribution in [1.82, 2.24) is 10.6 Å². The van der Waals surface area contributed by atoms with E-state index < -0.39 is 24.0 Å². The highest BCUT2D eigenvalue weighted by Crippen LogP contribution is 1.94. The van der Waals surface area contributed by atoms with Crippen molar-refractivity contribution in [3.8, 4) is 0 Å². The van der Waals surface area contributed by atoms with Crippen LogP contribution >= 0.6 is 0 Å². The van der Waals surface area contributed by atoms with E-state index in [1.165, 1.54) is 24.6 Å². The molecule has 0 radical (unpaired) electrons. The standard InChI is InChI=1S/C10H16N2O4/c1-3-5-11-9(15)7(13)8(14)10(16)12-6-4-2/h3-8,13-14H,1-2H3,(H,11,15)(H,12,16)/b5-3-,6-4+/t7-,8-/m0/s1. The van der Waals surface area contributed by atoms with E-state index in [0.717, 1.165) is 0 Å². The van der Waals surface area contributed by atoms with Crippen LogP contribution in [-0.2, 0) is 9.59 Å². The Labute approximate surface area is 93.7 Å². The SMILES string of the molecule is C/C=C\NC(=O)[C@@H](O)[C@H](O)C(=O)N/C=C/C. The monoisotopic (exact) mass is 228 g/mol. The number of nitrogens with one attached hydrogen (secondary N) is 2. The molecular formula is C10H16N2O4. The molecule has 0 bridgehead atoms. The summed E-state index contributed by atoms with van der Waals surface area (Å²) in [7, 11) is 0. The first-order chi connectivity index (χ1) is 7.54. The quantitative estimate of drug-likeness (QED) is 0.485. The summed E-state index contributed by atoms with van der Waals surface area (Å²) in [6, 6.07) is 0. The zero-order valence-electron chi connectivity index (χ0n) is 9.18. The summed E-state index contributed by atoms with van der Waals surface area (Å²) in [5.74, 6) is -1.69. The maximum Gasteiger partial charge on any atom is 0.256 e. The van der Waals surface area contributed by atoms with Crippen LogP contribution in [0.5, 0.6) is 0 Å². The molecule has 0 aromatic heterocycles. The molecule has 0 aromatic rings. The minimum atomic E-state index is -1.80. The van der Waals surface area contributed by atoms with Crippen molar-refractivity contribution in [1.29, 1.82) is 0 Å². The zero-order valence-corrected chi connectivity index (χ0v) is 9.18. The van der Waals surface area contributed by atoms with Gasteiger partial charge in [0.25, 0.3) is 11.8 Å².